The summed E-state index contributed by atoms with van der Waals surface area (Å²) >= 11 is 0. The summed E-state index contributed by atoms with van der Waals surface area (Å²) in [6.45, 7) is 0.616. The van der Waals surface area contributed by atoms with E-state index in [9.17, 15) is 4.79 Å². The van der Waals surface area contributed by atoms with Gasteiger partial charge in [0.25, 0.3) is 5.91 Å². The second kappa shape index (κ2) is 5.81. The summed E-state index contributed by atoms with van der Waals surface area (Å²) in [5.41, 5.74) is 8.11. The predicted octanol–water partition coefficient (Wildman–Crippen LogP) is 3.19. The number of nitrogens with two attached hydrogens (primary N) is 1. The molecule has 0 spiro atoms. The van der Waals surface area contributed by atoms with Gasteiger partial charge in [0.05, 0.1) is 0 Å². The summed E-state index contributed by atoms with van der Waals surface area (Å²) in [7, 11) is 0. The fourth-order valence-corrected chi connectivity index (χ4v) is 2.21. The molecule has 21 heavy (non-hydrogen) atoms. The Hall–Kier alpha value is -2.59. The van der Waals surface area contributed by atoms with Crippen molar-refractivity contribution in [1.29, 1.82) is 0 Å². The van der Waals surface area contributed by atoms with Gasteiger partial charge in [0, 0.05) is 11.1 Å². The number of hydrogen-bond acceptors (Lipinski definition) is 3. The van der Waals surface area contributed by atoms with Crippen molar-refractivity contribution in [1.82, 2.24) is 0 Å². The van der Waals surface area contributed by atoms with Gasteiger partial charge < -0.3 is 15.5 Å². The molecule has 0 saturated carbocycles. The minimum absolute atomic E-state index is 0.252. The summed E-state index contributed by atoms with van der Waals surface area (Å²) in [6.07, 6.45) is 0.831. The quantitative estimate of drug-likeness (QED) is 0.771. The topological polar surface area (TPSA) is 68.3 Å². The van der Waals surface area contributed by atoms with Crippen LogP contribution in [0.4, 0.5) is 5.69 Å². The normalized spacial score (nSPS) is 10.7. The third kappa shape index (κ3) is 2.95. The summed E-state index contributed by atoms with van der Waals surface area (Å²) in [6, 6.07) is 16.9. The van der Waals surface area contributed by atoms with Crippen LogP contribution in [0.3, 0.4) is 0 Å². The molecule has 4 nitrogen and oxygen atoms in total. The van der Waals surface area contributed by atoms with Crippen LogP contribution >= 0.6 is 0 Å². The molecule has 1 heterocycles. The van der Waals surface area contributed by atoms with Crippen molar-refractivity contribution >= 4 is 22.6 Å². The molecule has 0 aliphatic carbocycles. The maximum atomic E-state index is 12.2. The molecule has 3 N–H and O–H groups in total. The van der Waals surface area contributed by atoms with Gasteiger partial charge in [-0.3, -0.25) is 4.79 Å². The Balaban J connectivity index is 1.76. The molecule has 4 heteroatoms. The number of para-hydroxylation sites is 1. The van der Waals surface area contributed by atoms with Crippen LogP contribution < -0.4 is 11.1 Å². The van der Waals surface area contributed by atoms with E-state index in [1.807, 2.05) is 48.5 Å². The lowest BCUT2D eigenvalue weighted by atomic mass is 10.1. The number of anilines is 1. The second-order valence-corrected chi connectivity index (χ2v) is 4.84. The summed E-state index contributed by atoms with van der Waals surface area (Å²) < 4.78 is 5.54. The molecule has 0 saturated heterocycles. The predicted molar refractivity (Wildman–Crippen MR) is 83.4 cm³/mol. The summed E-state index contributed by atoms with van der Waals surface area (Å²) in [4.78, 5) is 12.2. The van der Waals surface area contributed by atoms with E-state index in [1.54, 1.807) is 6.07 Å². The van der Waals surface area contributed by atoms with Crippen LogP contribution in [-0.2, 0) is 6.42 Å². The molecule has 0 atom stereocenters. The number of rotatable bonds is 4. The molecule has 0 unspecified atom stereocenters. The highest BCUT2D eigenvalue weighted by molar-refractivity contribution is 6.04. The van der Waals surface area contributed by atoms with Crippen LogP contribution in [0.15, 0.2) is 59.0 Å². The lowest BCUT2D eigenvalue weighted by Crippen LogP contribution is -2.10. The average molecular weight is 280 g/mol. The van der Waals surface area contributed by atoms with E-state index in [4.69, 9.17) is 10.2 Å². The Morgan fingerprint density at radius 3 is 2.57 bits per heavy atom. The molecular weight excluding hydrogens is 264 g/mol. The van der Waals surface area contributed by atoms with Crippen molar-refractivity contribution in [3.63, 3.8) is 0 Å². The molecule has 0 aliphatic heterocycles. The van der Waals surface area contributed by atoms with Gasteiger partial charge in [-0.1, -0.05) is 30.3 Å². The van der Waals surface area contributed by atoms with Gasteiger partial charge in [0.15, 0.2) is 5.76 Å². The van der Waals surface area contributed by atoms with Gasteiger partial charge in [-0.15, -0.1) is 0 Å². The van der Waals surface area contributed by atoms with E-state index in [0.717, 1.165) is 23.1 Å². The number of furan rings is 1. The van der Waals surface area contributed by atoms with E-state index < -0.39 is 0 Å². The third-order valence-electron chi connectivity index (χ3n) is 3.29. The first-order valence-electron chi connectivity index (χ1n) is 6.85. The number of benzene rings is 2. The van der Waals surface area contributed by atoms with Crippen molar-refractivity contribution < 1.29 is 9.21 Å². The van der Waals surface area contributed by atoms with Gasteiger partial charge in [-0.25, -0.2) is 0 Å². The third-order valence-corrected chi connectivity index (χ3v) is 3.29. The van der Waals surface area contributed by atoms with Crippen LogP contribution in [0.5, 0.6) is 0 Å². The Labute approximate surface area is 122 Å². The molecule has 1 amide bonds. The summed E-state index contributed by atoms with van der Waals surface area (Å²) in [5, 5.41) is 3.74. The van der Waals surface area contributed by atoms with Gasteiger partial charge in [-0.2, -0.15) is 0 Å². The largest absolute Gasteiger partial charge is 0.451 e. The molecule has 0 radical (unpaired) electrons. The zero-order valence-corrected chi connectivity index (χ0v) is 11.5. The Kier molecular flexibility index (Phi) is 3.71. The lowest BCUT2D eigenvalue weighted by Gasteiger charge is -2.04. The minimum atomic E-state index is -0.252. The number of amides is 1. The van der Waals surface area contributed by atoms with Crippen molar-refractivity contribution in [3.05, 3.63) is 65.9 Å². The second-order valence-electron chi connectivity index (χ2n) is 4.84. The van der Waals surface area contributed by atoms with Gasteiger partial charge in [0.2, 0.25) is 0 Å². The molecular formula is C17H16N2O2. The minimum Gasteiger partial charge on any atom is -0.451 e. The molecule has 0 bridgehead atoms. The Bertz CT molecular complexity index is 727. The van der Waals surface area contributed by atoms with Crippen molar-refractivity contribution in [3.8, 4) is 0 Å². The monoisotopic (exact) mass is 280 g/mol. The van der Waals surface area contributed by atoms with E-state index in [0.29, 0.717) is 17.9 Å². The average Bonchev–Trinajstić information content (AvgIpc) is 2.94. The maximum absolute atomic E-state index is 12.2. The molecule has 2 aromatic carbocycles. The standard InChI is InChI=1S/C17H16N2O2/c18-10-9-12-5-7-14(8-6-12)19-17(20)16-11-13-3-1-2-4-15(13)21-16/h1-8,11H,9-10,18H2,(H,19,20). The highest BCUT2D eigenvalue weighted by Crippen LogP contribution is 2.20. The first kappa shape index (κ1) is 13.4. The number of carbonyl (C=O) groups is 1. The van der Waals surface area contributed by atoms with Crippen molar-refractivity contribution in [2.24, 2.45) is 5.73 Å². The van der Waals surface area contributed by atoms with Crippen LogP contribution in [-0.4, -0.2) is 12.5 Å². The Morgan fingerprint density at radius 2 is 1.86 bits per heavy atom. The zero-order valence-electron chi connectivity index (χ0n) is 11.5. The van der Waals surface area contributed by atoms with E-state index in [1.165, 1.54) is 0 Å². The molecule has 0 fully saturated rings. The number of hydrogen-bond donors (Lipinski definition) is 2. The molecule has 3 rings (SSSR count). The highest BCUT2D eigenvalue weighted by Gasteiger charge is 2.12. The smallest absolute Gasteiger partial charge is 0.291 e. The molecule has 0 aliphatic rings. The fourth-order valence-electron chi connectivity index (χ4n) is 2.21. The number of fused-ring (bicyclic) bond motifs is 1. The highest BCUT2D eigenvalue weighted by atomic mass is 16.3. The van der Waals surface area contributed by atoms with Crippen LogP contribution in [0.2, 0.25) is 0 Å². The van der Waals surface area contributed by atoms with Gasteiger partial charge >= 0.3 is 0 Å². The first-order valence-corrected chi connectivity index (χ1v) is 6.85. The van der Waals surface area contributed by atoms with Gasteiger partial charge in [0.1, 0.15) is 5.58 Å². The zero-order chi connectivity index (χ0) is 14.7. The number of carbonyl (C=O) groups excluding carboxylic acids is 1. The van der Waals surface area contributed by atoms with E-state index >= 15 is 0 Å². The Morgan fingerprint density at radius 1 is 1.10 bits per heavy atom. The van der Waals surface area contributed by atoms with Crippen LogP contribution in [0.25, 0.3) is 11.0 Å². The van der Waals surface area contributed by atoms with Crippen molar-refractivity contribution in [2.75, 3.05) is 11.9 Å². The SMILES string of the molecule is NCCc1ccc(NC(=O)c2cc3ccccc3o2)cc1. The van der Waals surface area contributed by atoms with Crippen LogP contribution in [0, 0.1) is 0 Å². The van der Waals surface area contributed by atoms with E-state index in [2.05, 4.69) is 5.32 Å². The molecule has 3 aromatic rings. The van der Waals surface area contributed by atoms with Crippen LogP contribution in [0.1, 0.15) is 16.1 Å². The number of nitrogens with one attached hydrogen (secondary N) is 1. The summed E-state index contributed by atoms with van der Waals surface area (Å²) in [5.74, 6) is 0.0556. The lowest BCUT2D eigenvalue weighted by molar-refractivity contribution is 0.0998. The molecule has 106 valence electrons. The fraction of sp³-hybridized carbons (Fsp3) is 0.118. The van der Waals surface area contributed by atoms with Gasteiger partial charge in [-0.05, 0) is 42.8 Å². The van der Waals surface area contributed by atoms with Crippen molar-refractivity contribution in [2.45, 2.75) is 6.42 Å². The first-order chi connectivity index (χ1) is 10.3. The maximum Gasteiger partial charge on any atom is 0.291 e. The molecule has 1 aromatic heterocycles. The van der Waals surface area contributed by atoms with E-state index in [-0.39, 0.29) is 5.91 Å².